The third-order valence-electron chi connectivity index (χ3n) is 4.40. The molecule has 25 heavy (non-hydrogen) atoms. The number of hydrogen-bond donors (Lipinski definition) is 1. The maximum Gasteiger partial charge on any atom is 0.231 e. The lowest BCUT2D eigenvalue weighted by Gasteiger charge is -2.17. The monoisotopic (exact) mass is 338 g/mol. The zero-order valence-corrected chi connectivity index (χ0v) is 14.3. The number of anilines is 1. The van der Waals surface area contributed by atoms with E-state index < -0.39 is 0 Å². The Labute approximate surface area is 147 Å². The molecule has 1 heterocycles. The number of fused-ring (bicyclic) bond motifs is 1. The van der Waals surface area contributed by atoms with Crippen molar-refractivity contribution in [1.29, 1.82) is 0 Å². The minimum Gasteiger partial charge on any atom is -0.496 e. The van der Waals surface area contributed by atoms with Gasteiger partial charge in [0.15, 0.2) is 0 Å². The molecule has 1 aliphatic heterocycles. The fraction of sp³-hybridized carbons (Fsp3) is 0.300. The molecule has 0 aliphatic carbocycles. The van der Waals surface area contributed by atoms with Gasteiger partial charge in [-0.1, -0.05) is 36.4 Å². The molecule has 130 valence electrons. The van der Waals surface area contributed by atoms with Gasteiger partial charge >= 0.3 is 0 Å². The number of hydrogen-bond acceptors (Lipinski definition) is 3. The van der Waals surface area contributed by atoms with Crippen LogP contribution in [0.2, 0.25) is 0 Å². The Hall–Kier alpha value is -2.82. The Kier molecular flexibility index (Phi) is 5.33. The number of carbonyl (C=O) groups excluding carboxylic acids is 2. The van der Waals surface area contributed by atoms with Crippen LogP contribution in [-0.2, 0) is 22.4 Å². The Bertz CT molecular complexity index is 773. The number of carbonyl (C=O) groups is 2. The first-order valence-electron chi connectivity index (χ1n) is 8.46. The number of rotatable bonds is 7. The fourth-order valence-corrected chi connectivity index (χ4v) is 3.11. The number of nitrogens with one attached hydrogen (secondary N) is 1. The van der Waals surface area contributed by atoms with E-state index in [1.165, 1.54) is 0 Å². The van der Waals surface area contributed by atoms with E-state index in [0.717, 1.165) is 22.6 Å². The molecule has 3 rings (SSSR count). The van der Waals surface area contributed by atoms with Gasteiger partial charge in [0, 0.05) is 25.2 Å². The number of benzene rings is 2. The topological polar surface area (TPSA) is 58.6 Å². The lowest BCUT2D eigenvalue weighted by molar-refractivity contribution is -0.121. The minimum atomic E-state index is -0.0224. The van der Waals surface area contributed by atoms with Crippen LogP contribution in [0.3, 0.4) is 0 Å². The van der Waals surface area contributed by atoms with Crippen molar-refractivity contribution in [3.8, 4) is 5.75 Å². The summed E-state index contributed by atoms with van der Waals surface area (Å²) in [4.78, 5) is 25.9. The van der Waals surface area contributed by atoms with Gasteiger partial charge in [0.2, 0.25) is 11.8 Å². The third kappa shape index (κ3) is 3.99. The van der Waals surface area contributed by atoms with Crippen LogP contribution in [0.15, 0.2) is 48.5 Å². The Morgan fingerprint density at radius 3 is 2.76 bits per heavy atom. The van der Waals surface area contributed by atoms with Gasteiger partial charge in [0.05, 0.1) is 13.5 Å². The molecular weight excluding hydrogens is 316 g/mol. The Balaban J connectivity index is 1.46. The second kappa shape index (κ2) is 7.83. The fourth-order valence-electron chi connectivity index (χ4n) is 3.11. The summed E-state index contributed by atoms with van der Waals surface area (Å²) in [5.74, 6) is 0.866. The molecule has 0 bridgehead atoms. The molecule has 5 nitrogen and oxygen atoms in total. The Morgan fingerprint density at radius 1 is 1.16 bits per heavy atom. The van der Waals surface area contributed by atoms with E-state index in [4.69, 9.17) is 4.74 Å². The largest absolute Gasteiger partial charge is 0.496 e. The van der Waals surface area contributed by atoms with Crippen LogP contribution in [0.5, 0.6) is 5.75 Å². The molecule has 1 N–H and O–H groups in total. The second-order valence-corrected chi connectivity index (χ2v) is 6.01. The van der Waals surface area contributed by atoms with E-state index in [0.29, 0.717) is 32.4 Å². The quantitative estimate of drug-likeness (QED) is 0.843. The normalized spacial score (nSPS) is 12.8. The molecule has 2 amide bonds. The Morgan fingerprint density at radius 2 is 1.92 bits per heavy atom. The van der Waals surface area contributed by atoms with Crippen molar-refractivity contribution in [2.75, 3.05) is 25.1 Å². The van der Waals surface area contributed by atoms with Gasteiger partial charge in [-0.15, -0.1) is 0 Å². The first-order chi connectivity index (χ1) is 12.2. The van der Waals surface area contributed by atoms with Gasteiger partial charge < -0.3 is 15.0 Å². The maximum atomic E-state index is 12.1. The molecule has 0 radical (unpaired) electrons. The maximum absolute atomic E-state index is 12.1. The highest BCUT2D eigenvalue weighted by Crippen LogP contribution is 2.27. The van der Waals surface area contributed by atoms with Gasteiger partial charge in [-0.05, 0) is 29.7 Å². The molecule has 1 aliphatic rings. The van der Waals surface area contributed by atoms with Gasteiger partial charge in [0.25, 0.3) is 0 Å². The van der Waals surface area contributed by atoms with Crippen molar-refractivity contribution in [1.82, 2.24) is 5.32 Å². The van der Waals surface area contributed by atoms with Crippen molar-refractivity contribution < 1.29 is 14.3 Å². The molecule has 0 unspecified atom stereocenters. The zero-order valence-electron chi connectivity index (χ0n) is 14.3. The van der Waals surface area contributed by atoms with E-state index >= 15 is 0 Å². The van der Waals surface area contributed by atoms with Crippen molar-refractivity contribution in [3.63, 3.8) is 0 Å². The van der Waals surface area contributed by atoms with E-state index in [9.17, 15) is 9.59 Å². The highest BCUT2D eigenvalue weighted by Gasteiger charge is 2.26. The predicted molar refractivity (Wildman–Crippen MR) is 96.8 cm³/mol. The summed E-state index contributed by atoms with van der Waals surface area (Å²) in [5, 5.41) is 2.90. The van der Waals surface area contributed by atoms with Crippen molar-refractivity contribution in [3.05, 3.63) is 59.7 Å². The van der Waals surface area contributed by atoms with Crippen LogP contribution in [0.4, 0.5) is 5.69 Å². The summed E-state index contributed by atoms with van der Waals surface area (Å²) in [6.07, 6.45) is 1.46. The van der Waals surface area contributed by atoms with Crippen molar-refractivity contribution >= 4 is 17.5 Å². The molecule has 0 atom stereocenters. The van der Waals surface area contributed by atoms with Crippen molar-refractivity contribution in [2.24, 2.45) is 0 Å². The SMILES string of the molecule is COc1ccccc1CCC(=O)NCCN1C(=O)Cc2ccccc21. The van der Waals surface area contributed by atoms with E-state index in [-0.39, 0.29) is 11.8 Å². The zero-order chi connectivity index (χ0) is 17.6. The number of para-hydroxylation sites is 2. The van der Waals surface area contributed by atoms with E-state index in [1.807, 2.05) is 48.5 Å². The summed E-state index contributed by atoms with van der Waals surface area (Å²) in [6.45, 7) is 0.946. The van der Waals surface area contributed by atoms with Gasteiger partial charge in [0.1, 0.15) is 5.75 Å². The van der Waals surface area contributed by atoms with Crippen LogP contribution in [-0.4, -0.2) is 32.0 Å². The molecular formula is C20H22N2O3. The van der Waals surface area contributed by atoms with E-state index in [1.54, 1.807) is 12.0 Å². The van der Waals surface area contributed by atoms with E-state index in [2.05, 4.69) is 5.32 Å². The summed E-state index contributed by atoms with van der Waals surface area (Å²) in [5.41, 5.74) is 3.02. The molecule has 0 aromatic heterocycles. The first-order valence-corrected chi connectivity index (χ1v) is 8.46. The molecule has 0 saturated heterocycles. The molecule has 5 heteroatoms. The average molecular weight is 338 g/mol. The van der Waals surface area contributed by atoms with Crippen LogP contribution < -0.4 is 15.0 Å². The lowest BCUT2D eigenvalue weighted by Crippen LogP contribution is -2.36. The van der Waals surface area contributed by atoms with Gasteiger partial charge in [-0.2, -0.15) is 0 Å². The van der Waals surface area contributed by atoms with Crippen molar-refractivity contribution in [2.45, 2.75) is 19.3 Å². The van der Waals surface area contributed by atoms with Crippen LogP contribution in [0.25, 0.3) is 0 Å². The molecule has 0 fully saturated rings. The summed E-state index contributed by atoms with van der Waals surface area (Å²) >= 11 is 0. The van der Waals surface area contributed by atoms with Crippen LogP contribution in [0.1, 0.15) is 17.5 Å². The lowest BCUT2D eigenvalue weighted by atomic mass is 10.1. The molecule has 0 spiro atoms. The summed E-state index contributed by atoms with van der Waals surface area (Å²) in [6, 6.07) is 15.5. The highest BCUT2D eigenvalue weighted by atomic mass is 16.5. The number of amides is 2. The second-order valence-electron chi connectivity index (χ2n) is 6.01. The summed E-state index contributed by atoms with van der Waals surface area (Å²) < 4.78 is 5.30. The predicted octanol–water partition coefficient (Wildman–Crippen LogP) is 2.33. The molecule has 0 saturated carbocycles. The third-order valence-corrected chi connectivity index (χ3v) is 4.40. The first kappa shape index (κ1) is 17.0. The minimum absolute atomic E-state index is 0.0224. The number of ether oxygens (including phenoxy) is 1. The summed E-state index contributed by atoms with van der Waals surface area (Å²) in [7, 11) is 1.63. The molecule has 2 aromatic rings. The standard InChI is InChI=1S/C20H22N2O3/c1-25-18-9-5-3-6-15(18)10-11-19(23)21-12-13-22-17-8-4-2-7-16(17)14-20(22)24/h2-9H,10-14H2,1H3,(H,21,23). The average Bonchev–Trinajstić information content (AvgIpc) is 2.96. The number of aryl methyl sites for hydroxylation is 1. The van der Waals surface area contributed by atoms with Gasteiger partial charge in [-0.25, -0.2) is 0 Å². The van der Waals surface area contributed by atoms with Crippen LogP contribution in [0, 0.1) is 0 Å². The number of methoxy groups -OCH3 is 1. The highest BCUT2D eigenvalue weighted by molar-refractivity contribution is 6.01. The molecule has 2 aromatic carbocycles. The smallest absolute Gasteiger partial charge is 0.231 e. The number of nitrogens with zero attached hydrogens (tertiary/aromatic N) is 1. The van der Waals surface area contributed by atoms with Crippen LogP contribution >= 0.6 is 0 Å². The van der Waals surface area contributed by atoms with Gasteiger partial charge in [-0.3, -0.25) is 9.59 Å².